The van der Waals surface area contributed by atoms with Crippen molar-refractivity contribution in [2.75, 3.05) is 13.7 Å². The third kappa shape index (κ3) is 5.99. The number of nitrogens with zero attached hydrogens (tertiary/aromatic N) is 1. The number of fused-ring (bicyclic) bond motifs is 1. The van der Waals surface area contributed by atoms with Crippen LogP contribution < -0.4 is 24.7 Å². The average Bonchev–Trinajstić information content (AvgIpc) is 2.89. The van der Waals surface area contributed by atoms with E-state index in [1.54, 1.807) is 49.6 Å². The van der Waals surface area contributed by atoms with Gasteiger partial charge < -0.3 is 24.7 Å². The molecule has 1 aliphatic rings. The van der Waals surface area contributed by atoms with Gasteiger partial charge in [0.15, 0.2) is 11.5 Å². The van der Waals surface area contributed by atoms with E-state index in [0.29, 0.717) is 40.2 Å². The van der Waals surface area contributed by atoms with Crippen LogP contribution in [0.2, 0.25) is 5.02 Å². The Morgan fingerprint density at radius 1 is 1.11 bits per heavy atom. The Hall–Kier alpha value is -4.15. The highest BCUT2D eigenvalue weighted by Gasteiger charge is 2.31. The van der Waals surface area contributed by atoms with Gasteiger partial charge in [0.2, 0.25) is 5.88 Å². The van der Waals surface area contributed by atoms with Crippen molar-refractivity contribution in [2.24, 2.45) is 5.73 Å². The number of esters is 1. The van der Waals surface area contributed by atoms with Gasteiger partial charge in [-0.2, -0.15) is 5.26 Å². The van der Waals surface area contributed by atoms with Gasteiger partial charge in [-0.3, -0.25) is 4.79 Å². The van der Waals surface area contributed by atoms with Crippen LogP contribution >= 0.6 is 11.6 Å². The monoisotopic (exact) mass is 518 g/mol. The van der Waals surface area contributed by atoms with Crippen molar-refractivity contribution in [2.45, 2.75) is 32.1 Å². The van der Waals surface area contributed by atoms with Crippen LogP contribution in [-0.4, -0.2) is 19.7 Å². The van der Waals surface area contributed by atoms with E-state index in [1.807, 2.05) is 18.2 Å². The lowest BCUT2D eigenvalue weighted by Gasteiger charge is -2.27. The van der Waals surface area contributed by atoms with Gasteiger partial charge in [0.05, 0.1) is 26.1 Å². The quantitative estimate of drug-likeness (QED) is 0.214. The number of ether oxygens (including phenoxy) is 4. The third-order valence-electron chi connectivity index (χ3n) is 5.96. The number of halogens is 1. The summed E-state index contributed by atoms with van der Waals surface area (Å²) >= 11 is 5.91. The summed E-state index contributed by atoms with van der Waals surface area (Å²) in [4.78, 5) is 12.5. The molecule has 7 nitrogen and oxygen atoms in total. The molecular formula is C29H27ClN2O5. The Balaban J connectivity index is 1.60. The largest absolute Gasteiger partial charge is 0.493 e. The third-order valence-corrected chi connectivity index (χ3v) is 6.21. The fraction of sp³-hybridized carbons (Fsp3) is 0.241. The highest BCUT2D eigenvalue weighted by molar-refractivity contribution is 6.30. The number of rotatable bonds is 9. The number of benzene rings is 3. The van der Waals surface area contributed by atoms with E-state index in [4.69, 9.17) is 36.3 Å². The van der Waals surface area contributed by atoms with Crippen molar-refractivity contribution in [1.82, 2.24) is 0 Å². The molecule has 4 rings (SSSR count). The molecule has 1 heterocycles. The van der Waals surface area contributed by atoms with Crippen molar-refractivity contribution in [3.05, 3.63) is 93.8 Å². The zero-order valence-electron chi connectivity index (χ0n) is 20.6. The van der Waals surface area contributed by atoms with Crippen LogP contribution in [0.5, 0.6) is 23.0 Å². The second-order valence-corrected chi connectivity index (χ2v) is 8.95. The fourth-order valence-corrected chi connectivity index (χ4v) is 4.21. The summed E-state index contributed by atoms with van der Waals surface area (Å²) in [6.45, 7) is 2.68. The van der Waals surface area contributed by atoms with Crippen molar-refractivity contribution in [3.63, 3.8) is 0 Å². The molecule has 0 saturated carbocycles. The van der Waals surface area contributed by atoms with Crippen LogP contribution in [0.3, 0.4) is 0 Å². The maximum atomic E-state index is 12.5. The van der Waals surface area contributed by atoms with Crippen molar-refractivity contribution in [1.29, 1.82) is 5.26 Å². The lowest BCUT2D eigenvalue weighted by molar-refractivity contribution is -0.133. The topological polar surface area (TPSA) is 104 Å². The van der Waals surface area contributed by atoms with Crippen LogP contribution in [0, 0.1) is 11.3 Å². The molecule has 0 fully saturated rings. The Morgan fingerprint density at radius 2 is 1.89 bits per heavy atom. The minimum atomic E-state index is -0.494. The molecule has 8 heteroatoms. The lowest BCUT2D eigenvalue weighted by atomic mass is 9.83. The zero-order chi connectivity index (χ0) is 26.4. The first-order valence-corrected chi connectivity index (χ1v) is 12.3. The number of nitrogens with two attached hydrogens (primary N) is 1. The molecule has 0 aromatic heterocycles. The normalized spacial score (nSPS) is 14.3. The summed E-state index contributed by atoms with van der Waals surface area (Å²) in [6, 6.07) is 19.8. The SMILES string of the molecule is CCCCOc1ccc(C2C(C#N)=C(N)Oc3cc(OC(=O)Cc4ccc(Cl)cc4)ccc32)cc1OC. The number of hydrogen-bond acceptors (Lipinski definition) is 7. The second-order valence-electron chi connectivity index (χ2n) is 8.51. The zero-order valence-corrected chi connectivity index (χ0v) is 21.4. The van der Waals surface area contributed by atoms with Crippen LogP contribution in [-0.2, 0) is 11.2 Å². The lowest BCUT2D eigenvalue weighted by Crippen LogP contribution is -2.21. The van der Waals surface area contributed by atoms with Gasteiger partial charge in [0, 0.05) is 16.7 Å². The summed E-state index contributed by atoms with van der Waals surface area (Å²) in [5.74, 6) is 0.968. The average molecular weight is 519 g/mol. The van der Waals surface area contributed by atoms with Crippen LogP contribution in [0.1, 0.15) is 42.4 Å². The molecule has 0 saturated heterocycles. The van der Waals surface area contributed by atoms with Gasteiger partial charge in [-0.05, 0) is 47.9 Å². The maximum absolute atomic E-state index is 12.5. The number of unbranched alkanes of at least 4 members (excludes halogenated alkanes) is 1. The Bertz CT molecular complexity index is 1360. The molecule has 37 heavy (non-hydrogen) atoms. The summed E-state index contributed by atoms with van der Waals surface area (Å²) in [6.07, 6.45) is 2.04. The van der Waals surface area contributed by atoms with Crippen LogP contribution in [0.25, 0.3) is 0 Å². The highest BCUT2D eigenvalue weighted by atomic mass is 35.5. The van der Waals surface area contributed by atoms with Crippen molar-refractivity contribution < 1.29 is 23.7 Å². The Morgan fingerprint density at radius 3 is 2.59 bits per heavy atom. The minimum absolute atomic E-state index is 0.00752. The summed E-state index contributed by atoms with van der Waals surface area (Å²) in [5.41, 5.74) is 8.70. The van der Waals surface area contributed by atoms with E-state index in [9.17, 15) is 10.1 Å². The first kappa shape index (κ1) is 25.9. The number of hydrogen-bond donors (Lipinski definition) is 1. The van der Waals surface area contributed by atoms with Gasteiger partial charge in [-0.1, -0.05) is 49.2 Å². The predicted molar refractivity (Wildman–Crippen MR) is 140 cm³/mol. The first-order valence-electron chi connectivity index (χ1n) is 11.9. The van der Waals surface area contributed by atoms with E-state index in [0.717, 1.165) is 24.0 Å². The molecule has 0 radical (unpaired) electrons. The first-order chi connectivity index (χ1) is 17.9. The molecule has 0 spiro atoms. The van der Waals surface area contributed by atoms with Gasteiger partial charge >= 0.3 is 5.97 Å². The Kier molecular flexibility index (Phi) is 8.22. The van der Waals surface area contributed by atoms with Gasteiger partial charge in [-0.25, -0.2) is 0 Å². The number of methoxy groups -OCH3 is 1. The molecule has 0 aliphatic carbocycles. The van der Waals surface area contributed by atoms with Crippen LogP contribution in [0.4, 0.5) is 0 Å². The Labute approximate surface area is 221 Å². The van der Waals surface area contributed by atoms with Gasteiger partial charge in [-0.15, -0.1) is 0 Å². The van der Waals surface area contributed by atoms with Crippen molar-refractivity contribution in [3.8, 4) is 29.1 Å². The smallest absolute Gasteiger partial charge is 0.315 e. The minimum Gasteiger partial charge on any atom is -0.493 e. The van der Waals surface area contributed by atoms with E-state index in [1.165, 1.54) is 0 Å². The molecule has 2 N–H and O–H groups in total. The molecule has 3 aromatic rings. The van der Waals surface area contributed by atoms with E-state index in [2.05, 4.69) is 13.0 Å². The summed E-state index contributed by atoms with van der Waals surface area (Å²) < 4.78 is 22.7. The number of nitriles is 1. The number of carbonyl (C=O) groups is 1. The number of allylic oxidation sites excluding steroid dienone is 1. The molecule has 3 aromatic carbocycles. The molecular weight excluding hydrogens is 492 g/mol. The van der Waals surface area contributed by atoms with Gasteiger partial charge in [0.25, 0.3) is 0 Å². The van der Waals surface area contributed by atoms with E-state index >= 15 is 0 Å². The number of carbonyl (C=O) groups excluding carboxylic acids is 1. The van der Waals surface area contributed by atoms with E-state index < -0.39 is 11.9 Å². The summed E-state index contributed by atoms with van der Waals surface area (Å²) in [5, 5.41) is 10.5. The highest BCUT2D eigenvalue weighted by Crippen LogP contribution is 2.45. The predicted octanol–water partition coefficient (Wildman–Crippen LogP) is 5.89. The molecule has 1 unspecified atom stereocenters. The molecule has 190 valence electrons. The standard InChI is InChI=1S/C29H27ClN2O5/c1-3-4-13-35-24-12-7-19(15-26(24)34-2)28-22-11-10-21(16-25(22)37-29(32)23(28)17-31)36-27(33)14-18-5-8-20(30)9-6-18/h5-12,15-16,28H,3-4,13-14,32H2,1-2H3. The van der Waals surface area contributed by atoms with E-state index in [-0.39, 0.29) is 17.9 Å². The van der Waals surface area contributed by atoms with Crippen LogP contribution in [0.15, 0.2) is 72.1 Å². The van der Waals surface area contributed by atoms with Crippen molar-refractivity contribution >= 4 is 17.6 Å². The molecule has 1 atom stereocenters. The van der Waals surface area contributed by atoms with Gasteiger partial charge in [0.1, 0.15) is 23.1 Å². The second kappa shape index (κ2) is 11.7. The summed E-state index contributed by atoms with van der Waals surface area (Å²) in [7, 11) is 1.57. The molecule has 1 aliphatic heterocycles. The molecule has 0 bridgehead atoms. The molecule has 0 amide bonds. The maximum Gasteiger partial charge on any atom is 0.315 e. The fourth-order valence-electron chi connectivity index (χ4n) is 4.09.